The van der Waals surface area contributed by atoms with Crippen LogP contribution >= 0.6 is 11.3 Å². The lowest BCUT2D eigenvalue weighted by molar-refractivity contribution is 0.335. The molecule has 3 nitrogen and oxygen atoms in total. The zero-order chi connectivity index (χ0) is 11.3. The van der Waals surface area contributed by atoms with Gasteiger partial charge in [-0.3, -0.25) is 0 Å². The summed E-state index contributed by atoms with van der Waals surface area (Å²) < 4.78 is 0. The standard InChI is InChI=1S/C11H17N3S/c1-4-9(5-6-12)14-11(2,3)10-13-7-8-15-10/h7-9,14H,4-5H2,1-3H3. The molecule has 0 aliphatic carbocycles. The number of nitrogens with one attached hydrogen (secondary N) is 1. The van der Waals surface area contributed by atoms with Crippen LogP contribution in [0.5, 0.6) is 0 Å². The summed E-state index contributed by atoms with van der Waals surface area (Å²) in [6.45, 7) is 6.30. The van der Waals surface area contributed by atoms with Crippen molar-refractivity contribution in [2.45, 2.75) is 45.2 Å². The van der Waals surface area contributed by atoms with E-state index in [1.54, 1.807) is 11.3 Å². The molecule has 1 aromatic heterocycles. The lowest BCUT2D eigenvalue weighted by Gasteiger charge is -2.28. The smallest absolute Gasteiger partial charge is 0.112 e. The molecule has 0 saturated carbocycles. The molecule has 1 unspecified atom stereocenters. The number of thiazole rings is 1. The molecular weight excluding hydrogens is 206 g/mol. The summed E-state index contributed by atoms with van der Waals surface area (Å²) in [5.41, 5.74) is -0.147. The van der Waals surface area contributed by atoms with Crippen molar-refractivity contribution < 1.29 is 0 Å². The average Bonchev–Trinajstić information content (AvgIpc) is 2.70. The van der Waals surface area contributed by atoms with Gasteiger partial charge in [-0.25, -0.2) is 4.98 Å². The van der Waals surface area contributed by atoms with Crippen molar-refractivity contribution in [1.29, 1.82) is 5.26 Å². The molecule has 82 valence electrons. The first-order chi connectivity index (χ1) is 7.10. The molecular formula is C11H17N3S. The minimum Gasteiger partial charge on any atom is -0.302 e. The maximum Gasteiger partial charge on any atom is 0.112 e. The molecule has 1 heterocycles. The molecule has 4 heteroatoms. The van der Waals surface area contributed by atoms with Gasteiger partial charge in [0.1, 0.15) is 5.01 Å². The number of nitriles is 1. The van der Waals surface area contributed by atoms with Crippen molar-refractivity contribution in [2.24, 2.45) is 0 Å². The number of hydrogen-bond acceptors (Lipinski definition) is 4. The maximum atomic E-state index is 8.69. The SMILES string of the molecule is CCC(CC#N)NC(C)(C)c1nccs1. The molecule has 15 heavy (non-hydrogen) atoms. The van der Waals surface area contributed by atoms with Gasteiger partial charge in [0.25, 0.3) is 0 Å². The highest BCUT2D eigenvalue weighted by Gasteiger charge is 2.25. The first-order valence-corrected chi connectivity index (χ1v) is 6.02. The number of nitrogens with zero attached hydrogens (tertiary/aromatic N) is 2. The largest absolute Gasteiger partial charge is 0.302 e. The van der Waals surface area contributed by atoms with Crippen molar-refractivity contribution in [3.05, 3.63) is 16.6 Å². The van der Waals surface area contributed by atoms with E-state index in [0.29, 0.717) is 6.42 Å². The Morgan fingerprint density at radius 3 is 2.87 bits per heavy atom. The third kappa shape index (κ3) is 3.29. The highest BCUT2D eigenvalue weighted by Crippen LogP contribution is 2.23. The fourth-order valence-corrected chi connectivity index (χ4v) is 2.24. The molecule has 0 radical (unpaired) electrons. The third-order valence-electron chi connectivity index (χ3n) is 2.36. The van der Waals surface area contributed by atoms with Crippen molar-refractivity contribution in [3.63, 3.8) is 0 Å². The third-order valence-corrected chi connectivity index (χ3v) is 3.46. The Hall–Kier alpha value is -0.920. The van der Waals surface area contributed by atoms with Gasteiger partial charge in [-0.15, -0.1) is 11.3 Å². The first kappa shape index (κ1) is 12.2. The first-order valence-electron chi connectivity index (χ1n) is 5.14. The summed E-state index contributed by atoms with van der Waals surface area (Å²) in [7, 11) is 0. The normalized spacial score (nSPS) is 13.5. The van der Waals surface area contributed by atoms with Crippen LogP contribution in [0.4, 0.5) is 0 Å². The zero-order valence-corrected chi connectivity index (χ0v) is 10.3. The number of aromatic nitrogens is 1. The lowest BCUT2D eigenvalue weighted by atomic mass is 10.0. The minimum atomic E-state index is -0.147. The molecule has 0 spiro atoms. The Bertz CT molecular complexity index is 324. The van der Waals surface area contributed by atoms with Crippen LogP contribution in [0.1, 0.15) is 38.6 Å². The lowest BCUT2D eigenvalue weighted by Crippen LogP contribution is -2.43. The second-order valence-corrected chi connectivity index (χ2v) is 4.97. The van der Waals surface area contributed by atoms with Crippen molar-refractivity contribution in [3.8, 4) is 6.07 Å². The van der Waals surface area contributed by atoms with E-state index < -0.39 is 0 Å². The minimum absolute atomic E-state index is 0.147. The molecule has 0 aliphatic heterocycles. The van der Waals surface area contributed by atoms with E-state index in [9.17, 15) is 0 Å². The van der Waals surface area contributed by atoms with Gasteiger partial charge >= 0.3 is 0 Å². The Morgan fingerprint density at radius 2 is 2.40 bits per heavy atom. The van der Waals surface area contributed by atoms with Gasteiger partial charge < -0.3 is 5.32 Å². The van der Waals surface area contributed by atoms with Crippen LogP contribution in [0, 0.1) is 11.3 Å². The maximum absolute atomic E-state index is 8.69. The van der Waals surface area contributed by atoms with Gasteiger partial charge in [0, 0.05) is 17.6 Å². The monoisotopic (exact) mass is 223 g/mol. The second-order valence-electron chi connectivity index (χ2n) is 4.07. The van der Waals surface area contributed by atoms with Gasteiger partial charge in [-0.1, -0.05) is 6.92 Å². The topological polar surface area (TPSA) is 48.7 Å². The summed E-state index contributed by atoms with van der Waals surface area (Å²) in [6.07, 6.45) is 3.32. The Morgan fingerprint density at radius 1 is 1.67 bits per heavy atom. The van der Waals surface area contributed by atoms with Crippen LogP contribution in [-0.4, -0.2) is 11.0 Å². The number of hydrogen-bond donors (Lipinski definition) is 1. The summed E-state index contributed by atoms with van der Waals surface area (Å²) in [6, 6.07) is 2.45. The molecule has 1 rings (SSSR count). The van der Waals surface area contributed by atoms with E-state index in [2.05, 4.69) is 37.1 Å². The molecule has 0 bridgehead atoms. The molecule has 0 amide bonds. The summed E-state index contributed by atoms with van der Waals surface area (Å²) in [5, 5.41) is 15.2. The molecule has 1 atom stereocenters. The number of rotatable bonds is 5. The van der Waals surface area contributed by atoms with Gasteiger partial charge in [0.05, 0.1) is 18.0 Å². The Balaban J connectivity index is 2.67. The van der Waals surface area contributed by atoms with Crippen LogP contribution < -0.4 is 5.32 Å². The quantitative estimate of drug-likeness (QED) is 0.835. The van der Waals surface area contributed by atoms with E-state index in [4.69, 9.17) is 5.26 Å². The van der Waals surface area contributed by atoms with Crippen LogP contribution in [0.2, 0.25) is 0 Å². The summed E-state index contributed by atoms with van der Waals surface area (Å²) in [5.74, 6) is 0. The van der Waals surface area contributed by atoms with E-state index in [1.165, 1.54) is 0 Å². The molecule has 1 aromatic rings. The average molecular weight is 223 g/mol. The molecule has 0 aliphatic rings. The fraction of sp³-hybridized carbons (Fsp3) is 0.636. The van der Waals surface area contributed by atoms with Crippen LogP contribution in [-0.2, 0) is 5.54 Å². The summed E-state index contributed by atoms with van der Waals surface area (Å²) >= 11 is 1.64. The highest BCUT2D eigenvalue weighted by molar-refractivity contribution is 7.09. The van der Waals surface area contributed by atoms with E-state index in [1.807, 2.05) is 11.6 Å². The molecule has 0 fully saturated rings. The highest BCUT2D eigenvalue weighted by atomic mass is 32.1. The van der Waals surface area contributed by atoms with Crippen LogP contribution in [0.3, 0.4) is 0 Å². The van der Waals surface area contributed by atoms with Gasteiger partial charge in [0.15, 0.2) is 0 Å². The fourth-order valence-electron chi connectivity index (χ4n) is 1.51. The van der Waals surface area contributed by atoms with E-state index in [0.717, 1.165) is 11.4 Å². The van der Waals surface area contributed by atoms with Crippen LogP contribution in [0.25, 0.3) is 0 Å². The molecule has 0 aromatic carbocycles. The predicted molar refractivity (Wildman–Crippen MR) is 62.6 cm³/mol. The Kier molecular flexibility index (Phi) is 4.25. The van der Waals surface area contributed by atoms with E-state index in [-0.39, 0.29) is 11.6 Å². The van der Waals surface area contributed by atoms with Gasteiger partial charge in [0.2, 0.25) is 0 Å². The van der Waals surface area contributed by atoms with Gasteiger partial charge in [-0.2, -0.15) is 5.26 Å². The van der Waals surface area contributed by atoms with E-state index >= 15 is 0 Å². The molecule has 0 saturated heterocycles. The predicted octanol–water partition coefficient (Wildman–Crippen LogP) is 2.66. The van der Waals surface area contributed by atoms with Crippen molar-refractivity contribution in [1.82, 2.24) is 10.3 Å². The van der Waals surface area contributed by atoms with Gasteiger partial charge in [-0.05, 0) is 20.3 Å². The zero-order valence-electron chi connectivity index (χ0n) is 9.45. The van der Waals surface area contributed by atoms with Crippen molar-refractivity contribution >= 4 is 11.3 Å². The summed E-state index contributed by atoms with van der Waals surface area (Å²) in [4.78, 5) is 4.31. The molecule has 1 N–H and O–H groups in total. The van der Waals surface area contributed by atoms with Crippen molar-refractivity contribution in [2.75, 3.05) is 0 Å². The van der Waals surface area contributed by atoms with Crippen LogP contribution in [0.15, 0.2) is 11.6 Å². The second kappa shape index (κ2) is 5.24. The Labute approximate surface area is 95.2 Å².